The number of fused-ring (bicyclic) bond motifs is 1. The van der Waals surface area contributed by atoms with Crippen molar-refractivity contribution in [3.05, 3.63) is 41.5 Å². The highest BCUT2D eigenvalue weighted by molar-refractivity contribution is 5.73. The smallest absolute Gasteiger partial charge is 0.204 e. The van der Waals surface area contributed by atoms with E-state index in [-0.39, 0.29) is 11.9 Å². The van der Waals surface area contributed by atoms with Crippen LogP contribution in [-0.2, 0) is 6.42 Å². The molecule has 1 aliphatic heterocycles. The van der Waals surface area contributed by atoms with Gasteiger partial charge in [0.15, 0.2) is 23.0 Å². The van der Waals surface area contributed by atoms with Crippen molar-refractivity contribution in [3.8, 4) is 34.5 Å². The molecule has 1 heterocycles. The van der Waals surface area contributed by atoms with Crippen molar-refractivity contribution in [2.75, 3.05) is 27.9 Å². The van der Waals surface area contributed by atoms with Crippen LogP contribution in [0.25, 0.3) is 6.08 Å². The number of methoxy groups -OCH3 is 3. The SMILES string of the molecule is CCOc1ccc(CC2C=Cc3c(cc(OC)c(OC)c3OC)O2)cc1O. The molecule has 6 nitrogen and oxygen atoms in total. The molecule has 1 unspecified atom stereocenters. The Balaban J connectivity index is 1.84. The summed E-state index contributed by atoms with van der Waals surface area (Å²) in [5.74, 6) is 2.91. The lowest BCUT2D eigenvalue weighted by molar-refractivity contribution is 0.240. The Labute approximate surface area is 158 Å². The molecule has 3 rings (SSSR count). The Hall–Kier alpha value is -3.02. The second-order valence-corrected chi connectivity index (χ2v) is 6.01. The quantitative estimate of drug-likeness (QED) is 0.797. The van der Waals surface area contributed by atoms with E-state index in [1.54, 1.807) is 39.5 Å². The molecule has 0 aromatic heterocycles. The van der Waals surface area contributed by atoms with Crippen LogP contribution < -0.4 is 23.7 Å². The van der Waals surface area contributed by atoms with Gasteiger partial charge in [0.2, 0.25) is 5.75 Å². The van der Waals surface area contributed by atoms with Crippen LogP contribution in [0, 0.1) is 0 Å². The standard InChI is InChI=1S/C21H24O6/c1-5-26-17-9-6-13(11-16(17)22)10-14-7-8-15-18(27-14)12-19(23-2)21(25-4)20(15)24-3/h6-9,11-12,14,22H,5,10H2,1-4H3. The number of rotatable bonds is 7. The fraction of sp³-hybridized carbons (Fsp3) is 0.333. The van der Waals surface area contributed by atoms with Crippen molar-refractivity contribution in [2.45, 2.75) is 19.4 Å². The molecule has 27 heavy (non-hydrogen) atoms. The Bertz CT molecular complexity index is 843. The monoisotopic (exact) mass is 372 g/mol. The van der Waals surface area contributed by atoms with Crippen LogP contribution in [0.5, 0.6) is 34.5 Å². The first-order valence-corrected chi connectivity index (χ1v) is 8.73. The minimum atomic E-state index is -0.183. The van der Waals surface area contributed by atoms with E-state index < -0.39 is 0 Å². The van der Waals surface area contributed by atoms with Gasteiger partial charge in [0.25, 0.3) is 0 Å². The lowest BCUT2D eigenvalue weighted by atomic mass is 10.0. The summed E-state index contributed by atoms with van der Waals surface area (Å²) in [6.07, 6.45) is 4.34. The Morgan fingerprint density at radius 2 is 1.78 bits per heavy atom. The molecule has 0 saturated heterocycles. The van der Waals surface area contributed by atoms with E-state index in [4.69, 9.17) is 23.7 Å². The highest BCUT2D eigenvalue weighted by atomic mass is 16.5. The van der Waals surface area contributed by atoms with Gasteiger partial charge in [-0.25, -0.2) is 0 Å². The molecule has 2 aromatic rings. The molecule has 6 heteroatoms. The molecule has 1 atom stereocenters. The molecule has 144 valence electrons. The molecular weight excluding hydrogens is 348 g/mol. The second kappa shape index (κ2) is 8.12. The van der Waals surface area contributed by atoms with E-state index in [1.807, 2.05) is 25.1 Å². The number of phenolic OH excluding ortho intramolecular Hbond substituents is 1. The molecule has 0 saturated carbocycles. The predicted octanol–water partition coefficient (Wildman–Crippen LogP) is 3.83. The average Bonchev–Trinajstić information content (AvgIpc) is 2.68. The van der Waals surface area contributed by atoms with Crippen molar-refractivity contribution < 1.29 is 28.8 Å². The molecule has 0 bridgehead atoms. The maximum Gasteiger partial charge on any atom is 0.204 e. The molecule has 0 amide bonds. The molecule has 0 fully saturated rings. The third kappa shape index (κ3) is 3.74. The number of aromatic hydroxyl groups is 1. The van der Waals surface area contributed by atoms with Gasteiger partial charge in [-0.05, 0) is 36.8 Å². The van der Waals surface area contributed by atoms with Crippen LogP contribution in [0.4, 0.5) is 0 Å². The van der Waals surface area contributed by atoms with Crippen molar-refractivity contribution in [3.63, 3.8) is 0 Å². The van der Waals surface area contributed by atoms with Gasteiger partial charge in [0.05, 0.1) is 33.5 Å². The van der Waals surface area contributed by atoms with Crippen LogP contribution in [0.2, 0.25) is 0 Å². The minimum Gasteiger partial charge on any atom is -0.504 e. The van der Waals surface area contributed by atoms with E-state index in [1.165, 1.54) is 0 Å². The maximum absolute atomic E-state index is 10.1. The van der Waals surface area contributed by atoms with Crippen molar-refractivity contribution in [1.29, 1.82) is 0 Å². The van der Waals surface area contributed by atoms with Crippen LogP contribution in [0.1, 0.15) is 18.1 Å². The summed E-state index contributed by atoms with van der Waals surface area (Å²) >= 11 is 0. The number of benzene rings is 2. The topological polar surface area (TPSA) is 66.4 Å². The summed E-state index contributed by atoms with van der Waals surface area (Å²) < 4.78 is 27.8. The first-order chi connectivity index (χ1) is 13.1. The van der Waals surface area contributed by atoms with E-state index in [9.17, 15) is 5.11 Å². The number of ether oxygens (including phenoxy) is 5. The summed E-state index contributed by atoms with van der Waals surface area (Å²) in [5.41, 5.74) is 1.75. The van der Waals surface area contributed by atoms with Crippen LogP contribution >= 0.6 is 0 Å². The van der Waals surface area contributed by atoms with Crippen molar-refractivity contribution in [1.82, 2.24) is 0 Å². The third-order valence-corrected chi connectivity index (χ3v) is 4.35. The Morgan fingerprint density at radius 1 is 1.00 bits per heavy atom. The number of hydrogen-bond acceptors (Lipinski definition) is 6. The third-order valence-electron chi connectivity index (χ3n) is 4.35. The number of phenols is 1. The molecule has 0 radical (unpaired) electrons. The van der Waals surface area contributed by atoms with Gasteiger partial charge in [-0.15, -0.1) is 0 Å². The molecule has 0 aliphatic carbocycles. The summed E-state index contributed by atoms with van der Waals surface area (Å²) in [6, 6.07) is 7.19. The van der Waals surface area contributed by atoms with Crippen LogP contribution in [0.15, 0.2) is 30.3 Å². The lowest BCUT2D eigenvalue weighted by Crippen LogP contribution is -2.20. The fourth-order valence-corrected chi connectivity index (χ4v) is 3.13. The predicted molar refractivity (Wildman–Crippen MR) is 103 cm³/mol. The van der Waals surface area contributed by atoms with Gasteiger partial charge >= 0.3 is 0 Å². The lowest BCUT2D eigenvalue weighted by Gasteiger charge is -2.25. The zero-order valence-corrected chi connectivity index (χ0v) is 15.9. The van der Waals surface area contributed by atoms with Gasteiger partial charge in [0, 0.05) is 12.5 Å². The van der Waals surface area contributed by atoms with Crippen LogP contribution in [0.3, 0.4) is 0 Å². The zero-order chi connectivity index (χ0) is 19.4. The summed E-state index contributed by atoms with van der Waals surface area (Å²) in [4.78, 5) is 0. The molecular formula is C21H24O6. The first-order valence-electron chi connectivity index (χ1n) is 8.73. The average molecular weight is 372 g/mol. The first kappa shape index (κ1) is 18.8. The van der Waals surface area contributed by atoms with Crippen LogP contribution in [-0.4, -0.2) is 39.1 Å². The number of hydrogen-bond donors (Lipinski definition) is 1. The second-order valence-electron chi connectivity index (χ2n) is 6.01. The highest BCUT2D eigenvalue weighted by Crippen LogP contribution is 2.47. The highest BCUT2D eigenvalue weighted by Gasteiger charge is 2.25. The molecule has 0 spiro atoms. The van der Waals surface area contributed by atoms with Crippen molar-refractivity contribution >= 4 is 6.08 Å². The Morgan fingerprint density at radius 3 is 2.41 bits per heavy atom. The van der Waals surface area contributed by atoms with Crippen molar-refractivity contribution in [2.24, 2.45) is 0 Å². The molecule has 1 N–H and O–H groups in total. The van der Waals surface area contributed by atoms with E-state index in [0.717, 1.165) is 11.1 Å². The summed E-state index contributed by atoms with van der Waals surface area (Å²) in [6.45, 7) is 2.38. The maximum atomic E-state index is 10.1. The Kier molecular flexibility index (Phi) is 5.64. The van der Waals surface area contributed by atoms with Gasteiger partial charge in [0.1, 0.15) is 11.9 Å². The zero-order valence-electron chi connectivity index (χ0n) is 15.9. The molecule has 2 aromatic carbocycles. The largest absolute Gasteiger partial charge is 0.504 e. The summed E-state index contributed by atoms with van der Waals surface area (Å²) in [7, 11) is 4.73. The van der Waals surface area contributed by atoms with E-state index in [2.05, 4.69) is 0 Å². The van der Waals surface area contributed by atoms with Gasteiger partial charge < -0.3 is 28.8 Å². The van der Waals surface area contributed by atoms with E-state index >= 15 is 0 Å². The van der Waals surface area contributed by atoms with Gasteiger partial charge in [-0.2, -0.15) is 0 Å². The summed E-state index contributed by atoms with van der Waals surface area (Å²) in [5, 5.41) is 10.1. The molecule has 1 aliphatic rings. The fourth-order valence-electron chi connectivity index (χ4n) is 3.13. The van der Waals surface area contributed by atoms with Gasteiger partial charge in [-0.3, -0.25) is 0 Å². The van der Waals surface area contributed by atoms with Gasteiger partial charge in [-0.1, -0.05) is 6.07 Å². The minimum absolute atomic E-state index is 0.127. The normalized spacial score (nSPS) is 14.9. The van der Waals surface area contributed by atoms with E-state index in [0.29, 0.717) is 41.8 Å².